The van der Waals surface area contributed by atoms with Crippen LogP contribution in [0.2, 0.25) is 0 Å². The quantitative estimate of drug-likeness (QED) is 0.866. The number of hydrogen-bond donors (Lipinski definition) is 0. The van der Waals surface area contributed by atoms with Crippen molar-refractivity contribution in [2.24, 2.45) is 7.05 Å². The van der Waals surface area contributed by atoms with Crippen molar-refractivity contribution in [2.45, 2.75) is 17.3 Å². The lowest BCUT2D eigenvalue weighted by Gasteiger charge is -2.47. The molecule has 0 bridgehead atoms. The summed E-state index contributed by atoms with van der Waals surface area (Å²) in [5.41, 5.74) is 0.754. The molecule has 4 rings (SSSR count). The van der Waals surface area contributed by atoms with E-state index >= 15 is 0 Å². The third-order valence-corrected chi connectivity index (χ3v) is 6.08. The van der Waals surface area contributed by atoms with Crippen LogP contribution in [-0.2, 0) is 7.05 Å². The second kappa shape index (κ2) is 5.60. The number of hydrogen-bond acceptors (Lipinski definition) is 4. The zero-order valence-corrected chi connectivity index (χ0v) is 13.8. The summed E-state index contributed by atoms with van der Waals surface area (Å²) < 4.78 is 8.00. The summed E-state index contributed by atoms with van der Waals surface area (Å²) in [6.07, 6.45) is 4.81. The number of carbonyl (C=O) groups is 1. The second-order valence-electron chi connectivity index (χ2n) is 6.27. The van der Waals surface area contributed by atoms with E-state index in [4.69, 9.17) is 4.74 Å². The van der Waals surface area contributed by atoms with Crippen LogP contribution in [0.3, 0.4) is 0 Å². The van der Waals surface area contributed by atoms with Crippen molar-refractivity contribution in [3.8, 4) is 5.88 Å². The summed E-state index contributed by atoms with van der Waals surface area (Å²) in [5, 5.41) is 0. The Morgan fingerprint density at radius 3 is 2.91 bits per heavy atom. The third-order valence-electron chi connectivity index (χ3n) is 4.51. The number of likely N-dealkylation sites (tertiary alicyclic amines) is 1. The molecule has 23 heavy (non-hydrogen) atoms. The van der Waals surface area contributed by atoms with E-state index in [1.807, 2.05) is 64.8 Å². The van der Waals surface area contributed by atoms with Crippen molar-refractivity contribution < 1.29 is 9.53 Å². The molecule has 1 amide bonds. The van der Waals surface area contributed by atoms with Gasteiger partial charge >= 0.3 is 0 Å². The number of pyridine rings is 1. The van der Waals surface area contributed by atoms with Crippen molar-refractivity contribution in [1.29, 1.82) is 0 Å². The van der Waals surface area contributed by atoms with E-state index in [0.29, 0.717) is 5.88 Å². The molecular formula is C17H19N3O2S. The summed E-state index contributed by atoms with van der Waals surface area (Å²) in [6, 6.07) is 9.49. The average molecular weight is 329 g/mol. The van der Waals surface area contributed by atoms with Crippen LogP contribution in [0, 0.1) is 0 Å². The minimum Gasteiger partial charge on any atom is -0.473 e. The Bertz CT molecular complexity index is 710. The van der Waals surface area contributed by atoms with Crippen LogP contribution in [0.25, 0.3) is 0 Å². The van der Waals surface area contributed by atoms with Gasteiger partial charge in [0.15, 0.2) is 0 Å². The van der Waals surface area contributed by atoms with Gasteiger partial charge in [0, 0.05) is 50.8 Å². The second-order valence-corrected chi connectivity index (χ2v) is 7.76. The molecule has 2 aliphatic heterocycles. The molecule has 120 valence electrons. The van der Waals surface area contributed by atoms with Crippen LogP contribution < -0.4 is 4.74 Å². The monoisotopic (exact) mass is 329 g/mol. The summed E-state index contributed by atoms with van der Waals surface area (Å²) >= 11 is 1.93. The number of rotatable bonds is 3. The van der Waals surface area contributed by atoms with E-state index in [0.717, 1.165) is 31.0 Å². The van der Waals surface area contributed by atoms with E-state index in [1.54, 1.807) is 6.20 Å². The lowest BCUT2D eigenvalue weighted by molar-refractivity contribution is 0.0506. The number of nitrogens with zero attached hydrogens (tertiary/aromatic N) is 3. The first-order valence-electron chi connectivity index (χ1n) is 7.77. The highest BCUT2D eigenvalue weighted by Gasteiger charge is 2.51. The highest BCUT2D eigenvalue weighted by atomic mass is 32.2. The van der Waals surface area contributed by atoms with E-state index in [-0.39, 0.29) is 16.8 Å². The molecule has 0 aliphatic carbocycles. The molecule has 1 atom stereocenters. The van der Waals surface area contributed by atoms with Gasteiger partial charge in [-0.25, -0.2) is 4.98 Å². The van der Waals surface area contributed by atoms with Gasteiger partial charge in [-0.15, -0.1) is 11.8 Å². The lowest BCUT2D eigenvalue weighted by atomic mass is 9.92. The van der Waals surface area contributed by atoms with Gasteiger partial charge in [0.2, 0.25) is 5.88 Å². The number of carbonyl (C=O) groups excluding carboxylic acids is 1. The highest BCUT2D eigenvalue weighted by molar-refractivity contribution is 8.01. The Labute approximate surface area is 139 Å². The Balaban J connectivity index is 1.35. The molecule has 2 aromatic rings. The summed E-state index contributed by atoms with van der Waals surface area (Å²) in [5.74, 6) is 1.77. The van der Waals surface area contributed by atoms with Gasteiger partial charge in [-0.3, -0.25) is 4.79 Å². The molecule has 2 aliphatic rings. The van der Waals surface area contributed by atoms with E-state index in [9.17, 15) is 4.79 Å². The van der Waals surface area contributed by atoms with E-state index in [2.05, 4.69) is 4.98 Å². The molecule has 2 aromatic heterocycles. The molecule has 1 spiro atoms. The molecule has 6 heteroatoms. The zero-order valence-electron chi connectivity index (χ0n) is 13.0. The Kier molecular flexibility index (Phi) is 3.56. The molecule has 0 saturated carbocycles. The predicted molar refractivity (Wildman–Crippen MR) is 89.8 cm³/mol. The van der Waals surface area contributed by atoms with Gasteiger partial charge in [0.05, 0.1) is 4.75 Å². The van der Waals surface area contributed by atoms with Crippen LogP contribution in [-0.4, -0.2) is 50.1 Å². The third kappa shape index (κ3) is 2.72. The zero-order chi connectivity index (χ0) is 15.9. The molecule has 5 nitrogen and oxygen atoms in total. The minimum atomic E-state index is 0.123. The molecule has 0 N–H and O–H groups in total. The van der Waals surface area contributed by atoms with Gasteiger partial charge in [-0.1, -0.05) is 6.07 Å². The summed E-state index contributed by atoms with van der Waals surface area (Å²) in [4.78, 5) is 18.6. The molecule has 2 saturated heterocycles. The van der Waals surface area contributed by atoms with Crippen LogP contribution in [0.4, 0.5) is 0 Å². The van der Waals surface area contributed by atoms with Gasteiger partial charge in [-0.05, 0) is 18.2 Å². The Morgan fingerprint density at radius 1 is 1.35 bits per heavy atom. The first kappa shape index (κ1) is 14.6. The molecular weight excluding hydrogens is 310 g/mol. The van der Waals surface area contributed by atoms with Crippen molar-refractivity contribution in [3.05, 3.63) is 48.4 Å². The Morgan fingerprint density at radius 2 is 2.22 bits per heavy atom. The van der Waals surface area contributed by atoms with Crippen molar-refractivity contribution in [1.82, 2.24) is 14.5 Å². The molecule has 0 radical (unpaired) electrons. The van der Waals surface area contributed by atoms with Crippen LogP contribution in [0.15, 0.2) is 42.7 Å². The molecule has 0 aromatic carbocycles. The van der Waals surface area contributed by atoms with Crippen molar-refractivity contribution in [3.63, 3.8) is 0 Å². The topological polar surface area (TPSA) is 47.4 Å². The average Bonchev–Trinajstić information content (AvgIpc) is 3.13. The number of aryl methyl sites for hydroxylation is 1. The SMILES string of the molecule is Cn1cccc1C(=O)N1CC2(C[C@H](Oc3ccccn3)CS2)C1. The van der Waals surface area contributed by atoms with E-state index < -0.39 is 0 Å². The standard InChI is InChI=1S/C17H19N3O2S/c1-19-8-4-5-14(19)16(21)20-11-17(12-20)9-13(10-23-17)22-15-6-2-3-7-18-15/h2-8,13H,9-12H2,1H3/t13-/m0/s1. The van der Waals surface area contributed by atoms with Gasteiger partial charge < -0.3 is 14.2 Å². The number of ether oxygens (including phenoxy) is 1. The first-order valence-corrected chi connectivity index (χ1v) is 8.76. The molecule has 4 heterocycles. The fraction of sp³-hybridized carbons (Fsp3) is 0.412. The smallest absolute Gasteiger partial charge is 0.270 e. The number of thioether (sulfide) groups is 1. The molecule has 2 fully saturated rings. The van der Waals surface area contributed by atoms with E-state index in [1.165, 1.54) is 0 Å². The maximum Gasteiger partial charge on any atom is 0.270 e. The summed E-state index contributed by atoms with van der Waals surface area (Å²) in [6.45, 7) is 1.62. The fourth-order valence-electron chi connectivity index (χ4n) is 3.32. The number of amides is 1. The Hall–Kier alpha value is -1.95. The highest BCUT2D eigenvalue weighted by Crippen LogP contribution is 2.46. The normalized spacial score (nSPS) is 22.1. The fourth-order valence-corrected chi connectivity index (χ4v) is 4.85. The van der Waals surface area contributed by atoms with Crippen LogP contribution in [0.5, 0.6) is 5.88 Å². The van der Waals surface area contributed by atoms with Gasteiger partial charge in [-0.2, -0.15) is 0 Å². The first-order chi connectivity index (χ1) is 11.2. The lowest BCUT2D eigenvalue weighted by Crippen LogP contribution is -2.61. The maximum atomic E-state index is 12.5. The summed E-state index contributed by atoms with van der Waals surface area (Å²) in [7, 11) is 1.91. The van der Waals surface area contributed by atoms with Gasteiger partial charge in [0.1, 0.15) is 11.8 Å². The van der Waals surface area contributed by atoms with Crippen molar-refractivity contribution in [2.75, 3.05) is 18.8 Å². The van der Waals surface area contributed by atoms with Gasteiger partial charge in [0.25, 0.3) is 5.91 Å². The number of aromatic nitrogens is 2. The molecule has 0 unspecified atom stereocenters. The van der Waals surface area contributed by atoms with Crippen molar-refractivity contribution >= 4 is 17.7 Å². The predicted octanol–water partition coefficient (Wildman–Crippen LogP) is 2.20. The maximum absolute atomic E-state index is 12.5. The largest absolute Gasteiger partial charge is 0.473 e. The minimum absolute atomic E-state index is 0.123. The van der Waals surface area contributed by atoms with Crippen LogP contribution >= 0.6 is 11.8 Å². The van der Waals surface area contributed by atoms with Crippen LogP contribution in [0.1, 0.15) is 16.9 Å².